The van der Waals surface area contributed by atoms with Crippen molar-refractivity contribution in [2.24, 2.45) is 0 Å². The lowest BCUT2D eigenvalue weighted by atomic mass is 9.97. The number of aromatic nitrogens is 1. The topological polar surface area (TPSA) is 24.9 Å². The van der Waals surface area contributed by atoms with Crippen molar-refractivity contribution in [1.29, 1.82) is 0 Å². The number of hydrogen-bond donors (Lipinski definition) is 1. The van der Waals surface area contributed by atoms with Gasteiger partial charge in [-0.2, -0.15) is 0 Å². The molecular formula is C8H13ClN2S. The first kappa shape index (κ1) is 9.96. The fraction of sp³-hybridized carbons (Fsp3) is 0.625. The lowest BCUT2D eigenvalue weighted by Gasteiger charge is -2.20. The molecule has 1 aliphatic rings. The van der Waals surface area contributed by atoms with Gasteiger partial charge in [0.15, 0.2) is 0 Å². The molecule has 4 heteroatoms. The Labute approximate surface area is 82.8 Å². The molecule has 1 aromatic heterocycles. The summed E-state index contributed by atoms with van der Waals surface area (Å²) in [5.41, 5.74) is 3.20. The highest BCUT2D eigenvalue weighted by Crippen LogP contribution is 2.22. The summed E-state index contributed by atoms with van der Waals surface area (Å²) in [4.78, 5) is 4.32. The fourth-order valence-corrected chi connectivity index (χ4v) is 2.16. The highest BCUT2D eigenvalue weighted by molar-refractivity contribution is 7.07. The molecule has 0 spiro atoms. The number of nitrogens with zero attached hydrogens (tertiary/aromatic N) is 1. The van der Waals surface area contributed by atoms with Crippen LogP contribution in [-0.2, 0) is 0 Å². The number of rotatable bonds is 1. The third-order valence-electron chi connectivity index (χ3n) is 2.17. The Morgan fingerprint density at radius 1 is 1.58 bits per heavy atom. The van der Waals surface area contributed by atoms with Gasteiger partial charge >= 0.3 is 0 Å². The van der Waals surface area contributed by atoms with Crippen molar-refractivity contribution < 1.29 is 0 Å². The van der Waals surface area contributed by atoms with Gasteiger partial charge in [0.05, 0.1) is 11.2 Å². The van der Waals surface area contributed by atoms with Crippen LogP contribution in [0.1, 0.15) is 24.5 Å². The predicted molar refractivity (Wildman–Crippen MR) is 54.2 cm³/mol. The van der Waals surface area contributed by atoms with Crippen LogP contribution < -0.4 is 5.32 Å². The van der Waals surface area contributed by atoms with Gasteiger partial charge < -0.3 is 5.32 Å². The molecule has 2 nitrogen and oxygen atoms in total. The van der Waals surface area contributed by atoms with Crippen molar-refractivity contribution in [1.82, 2.24) is 10.3 Å². The molecule has 0 saturated carbocycles. The van der Waals surface area contributed by atoms with Crippen molar-refractivity contribution >= 4 is 23.7 Å². The van der Waals surface area contributed by atoms with Crippen molar-refractivity contribution in [2.75, 3.05) is 13.1 Å². The number of halogens is 1. The molecule has 0 aromatic carbocycles. The number of piperidine rings is 1. The molecule has 12 heavy (non-hydrogen) atoms. The third kappa shape index (κ3) is 2.19. The Hall–Kier alpha value is -0.120. The molecule has 0 radical (unpaired) electrons. The number of hydrogen-bond acceptors (Lipinski definition) is 3. The summed E-state index contributed by atoms with van der Waals surface area (Å²) in [7, 11) is 0. The van der Waals surface area contributed by atoms with Crippen molar-refractivity contribution in [3.05, 3.63) is 16.6 Å². The maximum atomic E-state index is 4.32. The third-order valence-corrected chi connectivity index (χ3v) is 2.77. The highest BCUT2D eigenvalue weighted by atomic mass is 35.5. The van der Waals surface area contributed by atoms with E-state index in [-0.39, 0.29) is 12.4 Å². The van der Waals surface area contributed by atoms with Crippen LogP contribution in [0.4, 0.5) is 0 Å². The molecular weight excluding hydrogens is 192 g/mol. The van der Waals surface area contributed by atoms with Gasteiger partial charge in [0.1, 0.15) is 0 Å². The summed E-state index contributed by atoms with van der Waals surface area (Å²) in [5.74, 6) is 0.676. The molecule has 1 aliphatic heterocycles. The Balaban J connectivity index is 0.000000720. The Morgan fingerprint density at radius 2 is 2.50 bits per heavy atom. The van der Waals surface area contributed by atoms with E-state index in [0.29, 0.717) is 5.92 Å². The maximum absolute atomic E-state index is 4.32. The van der Waals surface area contributed by atoms with Crippen LogP contribution in [0.15, 0.2) is 10.9 Å². The summed E-state index contributed by atoms with van der Waals surface area (Å²) in [6, 6.07) is 0. The van der Waals surface area contributed by atoms with E-state index in [4.69, 9.17) is 0 Å². The summed E-state index contributed by atoms with van der Waals surface area (Å²) in [6.07, 6.45) is 2.60. The summed E-state index contributed by atoms with van der Waals surface area (Å²) < 4.78 is 0. The molecule has 1 atom stereocenters. The first-order valence-electron chi connectivity index (χ1n) is 4.05. The van der Waals surface area contributed by atoms with Crippen LogP contribution in [0.25, 0.3) is 0 Å². The summed E-state index contributed by atoms with van der Waals surface area (Å²) in [5, 5.41) is 5.55. The van der Waals surface area contributed by atoms with Gasteiger partial charge in [0, 0.05) is 17.8 Å². The van der Waals surface area contributed by atoms with E-state index in [1.807, 2.05) is 5.51 Å². The zero-order valence-electron chi connectivity index (χ0n) is 6.82. The lowest BCUT2D eigenvalue weighted by molar-refractivity contribution is 0.456. The van der Waals surface area contributed by atoms with Gasteiger partial charge in [-0.25, -0.2) is 4.98 Å². The van der Waals surface area contributed by atoms with Gasteiger partial charge in [-0.05, 0) is 19.4 Å². The first-order valence-corrected chi connectivity index (χ1v) is 5.00. The van der Waals surface area contributed by atoms with E-state index in [9.17, 15) is 0 Å². The molecule has 0 aliphatic carbocycles. The lowest BCUT2D eigenvalue weighted by Crippen LogP contribution is -2.28. The van der Waals surface area contributed by atoms with Crippen LogP contribution in [-0.4, -0.2) is 18.1 Å². The Bertz CT molecular complexity index is 207. The van der Waals surface area contributed by atoms with E-state index in [0.717, 1.165) is 6.54 Å². The molecule has 1 N–H and O–H groups in total. The second kappa shape index (κ2) is 4.80. The van der Waals surface area contributed by atoms with E-state index < -0.39 is 0 Å². The zero-order valence-corrected chi connectivity index (χ0v) is 8.46. The van der Waals surface area contributed by atoms with Crippen LogP contribution in [0.3, 0.4) is 0 Å². The predicted octanol–water partition coefficient (Wildman–Crippen LogP) is 2.03. The normalized spacial score (nSPS) is 23.2. The summed E-state index contributed by atoms with van der Waals surface area (Å²) in [6.45, 7) is 2.30. The molecule has 0 unspecified atom stereocenters. The number of nitrogens with one attached hydrogen (secondary N) is 1. The zero-order chi connectivity index (χ0) is 7.52. The van der Waals surface area contributed by atoms with E-state index >= 15 is 0 Å². The standard InChI is InChI=1S/C8H12N2S.ClH/c1-2-7(4-9-3-1)8-5-11-6-10-8;/h5-7,9H,1-4H2;1H/t7-;/m1./s1. The van der Waals surface area contributed by atoms with Crippen molar-refractivity contribution in [2.45, 2.75) is 18.8 Å². The van der Waals surface area contributed by atoms with Crippen LogP contribution in [0.2, 0.25) is 0 Å². The van der Waals surface area contributed by atoms with Gasteiger partial charge in [0.25, 0.3) is 0 Å². The summed E-state index contributed by atoms with van der Waals surface area (Å²) >= 11 is 1.69. The SMILES string of the molecule is Cl.c1nc([C@@H]2CCCNC2)cs1. The molecule has 68 valence electrons. The molecule has 1 aromatic rings. The fourth-order valence-electron chi connectivity index (χ4n) is 1.53. The maximum Gasteiger partial charge on any atom is 0.0794 e. The largest absolute Gasteiger partial charge is 0.316 e. The highest BCUT2D eigenvalue weighted by Gasteiger charge is 2.15. The van der Waals surface area contributed by atoms with Gasteiger partial charge in [-0.1, -0.05) is 0 Å². The average molecular weight is 205 g/mol. The molecule has 0 bridgehead atoms. The molecule has 1 saturated heterocycles. The second-order valence-corrected chi connectivity index (χ2v) is 3.68. The molecule has 1 fully saturated rings. The quantitative estimate of drug-likeness (QED) is 0.758. The van der Waals surface area contributed by atoms with Crippen LogP contribution in [0.5, 0.6) is 0 Å². The Morgan fingerprint density at radius 3 is 3.08 bits per heavy atom. The van der Waals surface area contributed by atoms with Gasteiger partial charge in [0.2, 0.25) is 0 Å². The van der Waals surface area contributed by atoms with Crippen LogP contribution in [0, 0.1) is 0 Å². The molecule has 2 rings (SSSR count). The average Bonchev–Trinajstić information content (AvgIpc) is 2.58. The smallest absolute Gasteiger partial charge is 0.0794 e. The minimum atomic E-state index is 0. The second-order valence-electron chi connectivity index (χ2n) is 2.96. The van der Waals surface area contributed by atoms with E-state index in [1.165, 1.54) is 25.1 Å². The Kier molecular flexibility index (Phi) is 3.98. The van der Waals surface area contributed by atoms with Crippen molar-refractivity contribution in [3.63, 3.8) is 0 Å². The molecule has 0 amide bonds. The van der Waals surface area contributed by atoms with E-state index in [1.54, 1.807) is 11.3 Å². The molecule has 2 heterocycles. The van der Waals surface area contributed by atoms with Crippen LogP contribution >= 0.6 is 23.7 Å². The minimum absolute atomic E-state index is 0. The van der Waals surface area contributed by atoms with Crippen molar-refractivity contribution in [3.8, 4) is 0 Å². The monoisotopic (exact) mass is 204 g/mol. The van der Waals surface area contributed by atoms with Gasteiger partial charge in [-0.3, -0.25) is 0 Å². The minimum Gasteiger partial charge on any atom is -0.316 e. The first-order chi connectivity index (χ1) is 5.47. The van der Waals surface area contributed by atoms with E-state index in [2.05, 4.69) is 15.7 Å². The van der Waals surface area contributed by atoms with Gasteiger partial charge in [-0.15, -0.1) is 23.7 Å². The number of thiazole rings is 1.